The minimum Gasteiger partial charge on any atom is -0.480 e. The number of hydrogen-bond donors (Lipinski definition) is 1. The van der Waals surface area contributed by atoms with Crippen LogP contribution in [0.3, 0.4) is 0 Å². The molecule has 1 aliphatic carbocycles. The molecule has 1 aromatic carbocycles. The van der Waals surface area contributed by atoms with Crippen LogP contribution in [0.5, 0.6) is 5.75 Å². The normalized spacial score (nSPS) is 23.9. The van der Waals surface area contributed by atoms with Crippen molar-refractivity contribution < 1.29 is 9.13 Å². The van der Waals surface area contributed by atoms with Gasteiger partial charge in [0, 0.05) is 12.1 Å². The number of ether oxygens (including phenoxy) is 1. The molecule has 1 unspecified atom stereocenters. The number of rotatable bonds is 2. The first kappa shape index (κ1) is 11.7. The van der Waals surface area contributed by atoms with Gasteiger partial charge in [0.15, 0.2) is 11.6 Å². The average Bonchev–Trinajstić information content (AvgIpc) is 2.28. The lowest BCUT2D eigenvalue weighted by atomic mass is 9.92. The second-order valence-electron chi connectivity index (χ2n) is 4.54. The summed E-state index contributed by atoms with van der Waals surface area (Å²) in [6.45, 7) is 3.85. The Morgan fingerprint density at radius 1 is 1.35 bits per heavy atom. The van der Waals surface area contributed by atoms with Crippen molar-refractivity contribution in [1.29, 1.82) is 0 Å². The minimum absolute atomic E-state index is 0.271. The molecule has 0 bridgehead atoms. The third kappa shape index (κ3) is 2.49. The molecule has 2 rings (SSSR count). The van der Waals surface area contributed by atoms with Gasteiger partial charge in [-0.1, -0.05) is 18.2 Å². The summed E-state index contributed by atoms with van der Waals surface area (Å²) < 4.78 is 19.2. The van der Waals surface area contributed by atoms with E-state index in [9.17, 15) is 4.39 Å². The average molecular weight is 233 g/mol. The maximum Gasteiger partial charge on any atom is 0.165 e. The zero-order valence-corrected chi connectivity index (χ0v) is 10.0. The van der Waals surface area contributed by atoms with Crippen molar-refractivity contribution in [1.82, 2.24) is 0 Å². The lowest BCUT2D eigenvalue weighted by Gasteiger charge is -2.30. The first-order chi connectivity index (χ1) is 8.00. The molecular formula is C14H16FNO. The monoisotopic (exact) mass is 233 g/mol. The van der Waals surface area contributed by atoms with Gasteiger partial charge in [-0.25, -0.2) is 4.39 Å². The molecule has 2 N–H and O–H groups in total. The van der Waals surface area contributed by atoms with E-state index in [0.29, 0.717) is 6.42 Å². The maximum absolute atomic E-state index is 13.5. The molecule has 0 saturated carbocycles. The van der Waals surface area contributed by atoms with E-state index < -0.39 is 5.60 Å². The molecule has 0 amide bonds. The molecular weight excluding hydrogens is 217 g/mol. The predicted molar refractivity (Wildman–Crippen MR) is 66.1 cm³/mol. The number of hydrogen-bond acceptors (Lipinski definition) is 2. The molecule has 0 spiro atoms. The first-order valence-electron chi connectivity index (χ1n) is 5.59. The molecule has 0 fully saturated rings. The van der Waals surface area contributed by atoms with Gasteiger partial charge in [-0.05, 0) is 37.6 Å². The van der Waals surface area contributed by atoms with Crippen molar-refractivity contribution in [3.05, 3.63) is 53.5 Å². The van der Waals surface area contributed by atoms with E-state index in [1.165, 1.54) is 6.07 Å². The van der Waals surface area contributed by atoms with Crippen molar-refractivity contribution in [2.24, 2.45) is 5.73 Å². The molecule has 0 heterocycles. The highest BCUT2D eigenvalue weighted by molar-refractivity contribution is 5.35. The van der Waals surface area contributed by atoms with Gasteiger partial charge in [0.1, 0.15) is 5.60 Å². The van der Waals surface area contributed by atoms with Gasteiger partial charge in [-0.2, -0.15) is 0 Å². The van der Waals surface area contributed by atoms with Crippen LogP contribution >= 0.6 is 0 Å². The van der Waals surface area contributed by atoms with Crippen LogP contribution in [-0.4, -0.2) is 5.60 Å². The lowest BCUT2D eigenvalue weighted by molar-refractivity contribution is 0.134. The van der Waals surface area contributed by atoms with Gasteiger partial charge in [-0.15, -0.1) is 0 Å². The van der Waals surface area contributed by atoms with Crippen LogP contribution in [0, 0.1) is 5.82 Å². The summed E-state index contributed by atoms with van der Waals surface area (Å²) in [5, 5.41) is 0. The molecule has 1 aliphatic rings. The first-order valence-corrected chi connectivity index (χ1v) is 5.59. The van der Waals surface area contributed by atoms with Crippen LogP contribution in [-0.2, 0) is 0 Å². The highest BCUT2D eigenvalue weighted by Gasteiger charge is 2.27. The molecule has 1 aromatic rings. The molecule has 0 saturated heterocycles. The van der Waals surface area contributed by atoms with Crippen LogP contribution in [0.2, 0.25) is 0 Å². The van der Waals surface area contributed by atoms with Gasteiger partial charge >= 0.3 is 0 Å². The number of para-hydroxylation sites is 1. The van der Waals surface area contributed by atoms with E-state index >= 15 is 0 Å². The third-order valence-electron chi connectivity index (χ3n) is 2.88. The van der Waals surface area contributed by atoms with Crippen LogP contribution in [0.15, 0.2) is 47.7 Å². The zero-order chi connectivity index (χ0) is 12.5. The van der Waals surface area contributed by atoms with Crippen LogP contribution in [0.25, 0.3) is 0 Å². The van der Waals surface area contributed by atoms with Gasteiger partial charge in [0.25, 0.3) is 0 Å². The Labute approximate surface area is 101 Å². The molecule has 3 heteroatoms. The summed E-state index contributed by atoms with van der Waals surface area (Å²) in [4.78, 5) is 0. The molecule has 17 heavy (non-hydrogen) atoms. The van der Waals surface area contributed by atoms with Crippen molar-refractivity contribution in [3.8, 4) is 5.75 Å². The van der Waals surface area contributed by atoms with Crippen LogP contribution in [0.4, 0.5) is 4.39 Å². The molecule has 0 aromatic heterocycles. The van der Waals surface area contributed by atoms with Crippen molar-refractivity contribution in [3.63, 3.8) is 0 Å². The van der Waals surface area contributed by atoms with Gasteiger partial charge < -0.3 is 10.5 Å². The quantitative estimate of drug-likeness (QED) is 0.851. The standard InChI is InChI=1S/C14H16FNO/c1-10-9-14(2,8-7-12(10)16)17-13-6-4-3-5-11(13)15/h3-7,9H,8,16H2,1-2H3. The number of halogens is 1. The van der Waals surface area contributed by atoms with E-state index in [2.05, 4.69) is 0 Å². The third-order valence-corrected chi connectivity index (χ3v) is 2.88. The predicted octanol–water partition coefficient (Wildman–Crippen LogP) is 3.16. The SMILES string of the molecule is CC1=CC(C)(Oc2ccccc2F)CC=C1N. The Bertz CT molecular complexity index is 493. The summed E-state index contributed by atoms with van der Waals surface area (Å²) in [6, 6.07) is 6.42. The Hall–Kier alpha value is -1.77. The maximum atomic E-state index is 13.5. The number of nitrogens with two attached hydrogens (primary N) is 1. The van der Waals surface area contributed by atoms with E-state index in [1.807, 2.05) is 26.0 Å². The fourth-order valence-electron chi connectivity index (χ4n) is 1.92. The molecule has 0 aliphatic heterocycles. The summed E-state index contributed by atoms with van der Waals surface area (Å²) in [5.41, 5.74) is 6.98. The Morgan fingerprint density at radius 3 is 2.71 bits per heavy atom. The van der Waals surface area contributed by atoms with Crippen LogP contribution in [0.1, 0.15) is 20.3 Å². The van der Waals surface area contributed by atoms with E-state index in [-0.39, 0.29) is 11.6 Å². The lowest BCUT2D eigenvalue weighted by Crippen LogP contribution is -2.32. The summed E-state index contributed by atoms with van der Waals surface area (Å²) in [5.74, 6) is -0.0739. The minimum atomic E-state index is -0.533. The van der Waals surface area contributed by atoms with E-state index in [4.69, 9.17) is 10.5 Å². The topological polar surface area (TPSA) is 35.2 Å². The largest absolute Gasteiger partial charge is 0.480 e. The van der Waals surface area contributed by atoms with Crippen LogP contribution < -0.4 is 10.5 Å². The Balaban J connectivity index is 2.23. The molecule has 90 valence electrons. The Kier molecular flexibility index (Phi) is 2.92. The number of allylic oxidation sites excluding steroid dienone is 1. The van der Waals surface area contributed by atoms with Crippen molar-refractivity contribution in [2.75, 3.05) is 0 Å². The molecule has 2 nitrogen and oxygen atoms in total. The highest BCUT2D eigenvalue weighted by atomic mass is 19.1. The summed E-state index contributed by atoms with van der Waals surface area (Å²) >= 11 is 0. The van der Waals surface area contributed by atoms with Crippen molar-refractivity contribution in [2.45, 2.75) is 25.9 Å². The number of benzene rings is 1. The van der Waals surface area contributed by atoms with E-state index in [1.54, 1.807) is 18.2 Å². The van der Waals surface area contributed by atoms with Gasteiger partial charge in [-0.3, -0.25) is 0 Å². The second kappa shape index (κ2) is 4.24. The Morgan fingerprint density at radius 2 is 2.06 bits per heavy atom. The van der Waals surface area contributed by atoms with Gasteiger partial charge in [0.05, 0.1) is 0 Å². The van der Waals surface area contributed by atoms with Gasteiger partial charge in [0.2, 0.25) is 0 Å². The zero-order valence-electron chi connectivity index (χ0n) is 10.0. The molecule has 0 radical (unpaired) electrons. The smallest absolute Gasteiger partial charge is 0.165 e. The fourth-order valence-corrected chi connectivity index (χ4v) is 1.92. The second-order valence-corrected chi connectivity index (χ2v) is 4.54. The summed E-state index contributed by atoms with van der Waals surface area (Å²) in [7, 11) is 0. The highest BCUT2D eigenvalue weighted by Crippen LogP contribution is 2.30. The molecule has 1 atom stereocenters. The van der Waals surface area contributed by atoms with E-state index in [0.717, 1.165) is 11.3 Å². The fraction of sp³-hybridized carbons (Fsp3) is 0.286. The van der Waals surface area contributed by atoms with Crippen molar-refractivity contribution >= 4 is 0 Å². The summed E-state index contributed by atoms with van der Waals surface area (Å²) in [6.07, 6.45) is 4.50.